The van der Waals surface area contributed by atoms with Gasteiger partial charge >= 0.3 is 5.97 Å². The van der Waals surface area contributed by atoms with Crippen molar-refractivity contribution in [3.05, 3.63) is 59.9 Å². The van der Waals surface area contributed by atoms with Gasteiger partial charge in [0.15, 0.2) is 11.4 Å². The van der Waals surface area contributed by atoms with E-state index in [2.05, 4.69) is 10.3 Å². The molecule has 1 amide bonds. The monoisotopic (exact) mass is 336 g/mol. The van der Waals surface area contributed by atoms with Gasteiger partial charge in [0.2, 0.25) is 0 Å². The molecule has 126 valence electrons. The lowest BCUT2D eigenvalue weighted by molar-refractivity contribution is -0.135. The summed E-state index contributed by atoms with van der Waals surface area (Å²) in [7, 11) is 0. The number of nitrogens with one attached hydrogen (secondary N) is 1. The van der Waals surface area contributed by atoms with E-state index in [1.807, 2.05) is 42.5 Å². The number of rotatable bonds is 4. The second-order valence-electron chi connectivity index (χ2n) is 5.60. The lowest BCUT2D eigenvalue weighted by atomic mass is 9.99. The van der Waals surface area contributed by atoms with Gasteiger partial charge in [0.1, 0.15) is 6.54 Å². The number of amides is 1. The first-order valence-corrected chi connectivity index (χ1v) is 7.66. The molecule has 0 saturated heterocycles. The van der Waals surface area contributed by atoms with E-state index in [-0.39, 0.29) is 11.4 Å². The summed E-state index contributed by atoms with van der Waals surface area (Å²) in [5.41, 5.74) is 2.40. The number of hydrogen-bond acceptors (Lipinski definition) is 4. The second-order valence-corrected chi connectivity index (χ2v) is 5.60. The van der Waals surface area contributed by atoms with Crippen LogP contribution in [0.5, 0.6) is 5.75 Å². The number of aromatic hydroxyl groups is 1. The largest absolute Gasteiger partial charge is 0.505 e. The molecule has 0 saturated carbocycles. The minimum absolute atomic E-state index is 0.182. The smallest absolute Gasteiger partial charge is 0.322 e. The van der Waals surface area contributed by atoms with Crippen LogP contribution < -0.4 is 5.32 Å². The Bertz CT molecular complexity index is 968. The molecule has 6 nitrogen and oxygen atoms in total. The molecule has 25 heavy (non-hydrogen) atoms. The van der Waals surface area contributed by atoms with Crippen molar-refractivity contribution in [2.45, 2.75) is 6.92 Å². The zero-order valence-electron chi connectivity index (χ0n) is 13.5. The minimum Gasteiger partial charge on any atom is -0.505 e. The van der Waals surface area contributed by atoms with E-state index in [1.54, 1.807) is 13.0 Å². The van der Waals surface area contributed by atoms with Gasteiger partial charge in [0.25, 0.3) is 5.91 Å². The van der Waals surface area contributed by atoms with Crippen molar-refractivity contribution >= 4 is 22.6 Å². The Morgan fingerprint density at radius 2 is 1.76 bits per heavy atom. The molecule has 3 N–H and O–H groups in total. The van der Waals surface area contributed by atoms with Crippen LogP contribution in [0, 0.1) is 6.92 Å². The number of carboxylic acid groups (broad SMARTS) is 1. The van der Waals surface area contributed by atoms with Gasteiger partial charge in [0.05, 0.1) is 0 Å². The molecule has 0 fully saturated rings. The Morgan fingerprint density at radius 1 is 1.04 bits per heavy atom. The molecule has 0 bridgehead atoms. The number of carboxylic acids is 1. The average molecular weight is 336 g/mol. The number of hydrogen-bond donors (Lipinski definition) is 3. The van der Waals surface area contributed by atoms with Crippen molar-refractivity contribution in [1.82, 2.24) is 10.3 Å². The molecular formula is C19H16N2O4. The quantitative estimate of drug-likeness (QED) is 0.680. The van der Waals surface area contributed by atoms with Crippen LogP contribution in [0.25, 0.3) is 21.9 Å². The van der Waals surface area contributed by atoms with Gasteiger partial charge in [-0.05, 0) is 30.2 Å². The Kier molecular flexibility index (Phi) is 4.35. The lowest BCUT2D eigenvalue weighted by Gasteiger charge is -2.11. The molecule has 3 rings (SSSR count). The minimum atomic E-state index is -1.17. The van der Waals surface area contributed by atoms with Crippen LogP contribution in [0.4, 0.5) is 0 Å². The molecule has 2 aromatic carbocycles. The second kappa shape index (κ2) is 6.60. The molecule has 0 aliphatic carbocycles. The molecule has 0 aliphatic rings. The Labute approximate surface area is 143 Å². The third kappa shape index (κ3) is 3.28. The maximum Gasteiger partial charge on any atom is 0.322 e. The molecule has 0 unspecified atom stereocenters. The normalized spacial score (nSPS) is 10.6. The zero-order valence-corrected chi connectivity index (χ0v) is 13.5. The number of aliphatic carboxylic acids is 1. The van der Waals surface area contributed by atoms with E-state index in [4.69, 9.17) is 5.11 Å². The topological polar surface area (TPSA) is 99.5 Å². The Balaban J connectivity index is 2.06. The van der Waals surface area contributed by atoms with E-state index in [0.29, 0.717) is 11.1 Å². The first kappa shape index (κ1) is 16.4. The first-order chi connectivity index (χ1) is 12.0. The standard InChI is InChI=1S/C19H16N2O4/c1-11-15-9-13(12-5-3-2-4-6-12)7-8-14(15)18(24)17(21-11)19(25)20-10-16(22)23/h2-9,24H,10H2,1H3,(H,20,25)(H,22,23). The summed E-state index contributed by atoms with van der Waals surface area (Å²) in [5, 5.41) is 22.5. The molecule has 0 aliphatic heterocycles. The van der Waals surface area contributed by atoms with E-state index in [1.165, 1.54) is 0 Å². The summed E-state index contributed by atoms with van der Waals surface area (Å²) in [6, 6.07) is 15.3. The van der Waals surface area contributed by atoms with Gasteiger partial charge in [-0.1, -0.05) is 36.4 Å². The van der Waals surface area contributed by atoms with Gasteiger partial charge in [-0.25, -0.2) is 4.98 Å². The molecule has 1 aromatic heterocycles. The molecule has 0 radical (unpaired) electrons. The highest BCUT2D eigenvalue weighted by Crippen LogP contribution is 2.32. The van der Waals surface area contributed by atoms with Crippen molar-refractivity contribution in [3.63, 3.8) is 0 Å². The molecule has 1 heterocycles. The predicted molar refractivity (Wildman–Crippen MR) is 93.5 cm³/mol. The van der Waals surface area contributed by atoms with Crippen LogP contribution >= 0.6 is 0 Å². The number of fused-ring (bicyclic) bond motifs is 1. The van der Waals surface area contributed by atoms with Crippen molar-refractivity contribution in [1.29, 1.82) is 0 Å². The summed E-state index contributed by atoms with van der Waals surface area (Å²) in [4.78, 5) is 26.8. The van der Waals surface area contributed by atoms with Crippen LogP contribution in [0.2, 0.25) is 0 Å². The van der Waals surface area contributed by atoms with Gasteiger partial charge in [-0.2, -0.15) is 0 Å². The highest BCUT2D eigenvalue weighted by atomic mass is 16.4. The Hall–Kier alpha value is -3.41. The van der Waals surface area contributed by atoms with Crippen molar-refractivity contribution < 1.29 is 19.8 Å². The summed E-state index contributed by atoms with van der Waals surface area (Å²) in [5.74, 6) is -2.15. The summed E-state index contributed by atoms with van der Waals surface area (Å²) in [6.45, 7) is 1.20. The van der Waals surface area contributed by atoms with Crippen LogP contribution in [0.1, 0.15) is 16.2 Å². The maximum absolute atomic E-state index is 12.1. The number of aryl methyl sites for hydroxylation is 1. The van der Waals surface area contributed by atoms with E-state index in [9.17, 15) is 14.7 Å². The predicted octanol–water partition coefficient (Wildman–Crippen LogP) is 2.73. The molecule has 0 atom stereocenters. The maximum atomic E-state index is 12.1. The number of aromatic nitrogens is 1. The molecule has 3 aromatic rings. The number of carbonyl (C=O) groups excluding carboxylic acids is 1. The molecule has 6 heteroatoms. The molecule has 0 spiro atoms. The SMILES string of the molecule is Cc1nc(C(=O)NCC(=O)O)c(O)c2ccc(-c3ccccc3)cc12. The fourth-order valence-corrected chi connectivity index (χ4v) is 2.67. The number of nitrogens with zero attached hydrogens (tertiary/aromatic N) is 1. The van der Waals surface area contributed by atoms with E-state index >= 15 is 0 Å². The van der Waals surface area contributed by atoms with Crippen molar-refractivity contribution in [2.75, 3.05) is 6.54 Å². The van der Waals surface area contributed by atoms with Crippen LogP contribution in [-0.4, -0.2) is 33.6 Å². The average Bonchev–Trinajstić information content (AvgIpc) is 2.63. The third-order valence-electron chi connectivity index (χ3n) is 3.89. The summed E-state index contributed by atoms with van der Waals surface area (Å²) < 4.78 is 0. The fourth-order valence-electron chi connectivity index (χ4n) is 2.67. The number of benzene rings is 2. The van der Waals surface area contributed by atoms with E-state index < -0.39 is 18.4 Å². The summed E-state index contributed by atoms with van der Waals surface area (Å²) >= 11 is 0. The van der Waals surface area contributed by atoms with Gasteiger partial charge in [0, 0.05) is 16.5 Å². The first-order valence-electron chi connectivity index (χ1n) is 7.66. The zero-order chi connectivity index (χ0) is 18.0. The van der Waals surface area contributed by atoms with Crippen molar-refractivity contribution in [2.24, 2.45) is 0 Å². The fraction of sp³-hybridized carbons (Fsp3) is 0.105. The third-order valence-corrected chi connectivity index (χ3v) is 3.89. The highest BCUT2D eigenvalue weighted by Gasteiger charge is 2.18. The number of carbonyl (C=O) groups is 2. The van der Waals surface area contributed by atoms with Crippen LogP contribution in [-0.2, 0) is 4.79 Å². The lowest BCUT2D eigenvalue weighted by Crippen LogP contribution is -2.30. The Morgan fingerprint density at radius 3 is 2.44 bits per heavy atom. The van der Waals surface area contributed by atoms with Gasteiger partial charge in [-0.15, -0.1) is 0 Å². The van der Waals surface area contributed by atoms with Crippen LogP contribution in [0.3, 0.4) is 0 Å². The van der Waals surface area contributed by atoms with Crippen LogP contribution in [0.15, 0.2) is 48.5 Å². The van der Waals surface area contributed by atoms with Gasteiger partial charge in [-0.3, -0.25) is 9.59 Å². The highest BCUT2D eigenvalue weighted by molar-refractivity contribution is 6.03. The van der Waals surface area contributed by atoms with E-state index in [0.717, 1.165) is 16.5 Å². The number of pyridine rings is 1. The van der Waals surface area contributed by atoms with Crippen molar-refractivity contribution in [3.8, 4) is 16.9 Å². The summed E-state index contributed by atoms with van der Waals surface area (Å²) in [6.07, 6.45) is 0. The van der Waals surface area contributed by atoms with Gasteiger partial charge < -0.3 is 15.5 Å². The molecular weight excluding hydrogens is 320 g/mol.